The molecule has 134 valence electrons. The zero-order valence-electron chi connectivity index (χ0n) is 14.6. The molecule has 1 fully saturated rings. The van der Waals surface area contributed by atoms with Gasteiger partial charge in [0.2, 0.25) is 0 Å². The quantitative estimate of drug-likeness (QED) is 0.420. The minimum atomic E-state index is -0.433. The molecule has 1 aromatic heterocycles. The first kappa shape index (κ1) is 19.2. The van der Waals surface area contributed by atoms with E-state index in [0.29, 0.717) is 12.4 Å². The fourth-order valence-electron chi connectivity index (χ4n) is 2.55. The molecule has 1 atom stereocenters. The molecular weight excluding hydrogens is 423 g/mol. The zero-order valence-corrected chi connectivity index (χ0v) is 16.8. The molecule has 1 aromatic rings. The fraction of sp³-hybridized carbons (Fsp3) is 0.688. The first-order valence-electron chi connectivity index (χ1n) is 8.05. The second-order valence-electron chi connectivity index (χ2n) is 6.76. The third-order valence-electron chi connectivity index (χ3n) is 3.54. The largest absolute Gasteiger partial charge is 0.467 e. The van der Waals surface area contributed by atoms with Gasteiger partial charge in [0.05, 0.1) is 7.11 Å². The highest BCUT2D eigenvalue weighted by atomic mass is 127. The van der Waals surface area contributed by atoms with Gasteiger partial charge in [-0.3, -0.25) is 4.79 Å². The Balaban J connectivity index is 1.92. The molecule has 24 heavy (non-hydrogen) atoms. The second-order valence-corrected chi connectivity index (χ2v) is 7.86. The van der Waals surface area contributed by atoms with Crippen molar-refractivity contribution in [1.29, 1.82) is 0 Å². The minimum absolute atomic E-state index is 0.153. The maximum Gasteiger partial charge on any atom is 0.319 e. The average Bonchev–Trinajstić information content (AvgIpc) is 2.51. The summed E-state index contributed by atoms with van der Waals surface area (Å²) in [7, 11) is 1.57. The Morgan fingerprint density at radius 3 is 2.88 bits per heavy atom. The number of hydrogen-bond donors (Lipinski definition) is 1. The van der Waals surface area contributed by atoms with Crippen molar-refractivity contribution < 1.29 is 14.3 Å². The van der Waals surface area contributed by atoms with Crippen LogP contribution >= 0.6 is 22.6 Å². The molecule has 1 aliphatic heterocycles. The highest BCUT2D eigenvalue weighted by molar-refractivity contribution is 14.1. The summed E-state index contributed by atoms with van der Waals surface area (Å²) in [6, 6.07) is 2.55. The van der Waals surface area contributed by atoms with Gasteiger partial charge in [-0.1, -0.05) is 0 Å². The molecule has 1 saturated heterocycles. The number of rotatable bonds is 5. The van der Waals surface area contributed by atoms with Gasteiger partial charge in [0.1, 0.15) is 15.1 Å². The molecule has 7 nitrogen and oxygen atoms in total. The average molecular weight is 448 g/mol. The first-order valence-corrected chi connectivity index (χ1v) is 9.13. The first-order chi connectivity index (χ1) is 11.3. The third-order valence-corrected chi connectivity index (χ3v) is 4.09. The number of nitrogens with zero attached hydrogens (tertiary/aromatic N) is 3. The maximum atomic E-state index is 11.9. The van der Waals surface area contributed by atoms with E-state index in [1.165, 1.54) is 0 Å². The van der Waals surface area contributed by atoms with E-state index in [-0.39, 0.29) is 12.0 Å². The van der Waals surface area contributed by atoms with Gasteiger partial charge in [0, 0.05) is 38.2 Å². The van der Waals surface area contributed by atoms with Gasteiger partial charge in [-0.05, 0) is 49.8 Å². The molecule has 8 heteroatoms. The van der Waals surface area contributed by atoms with Crippen LogP contribution in [0.3, 0.4) is 0 Å². The lowest BCUT2D eigenvalue weighted by molar-refractivity contribution is -0.155. The normalized spacial score (nSPS) is 18.4. The Morgan fingerprint density at radius 2 is 2.21 bits per heavy atom. The summed E-state index contributed by atoms with van der Waals surface area (Å²) >= 11 is 2.16. The van der Waals surface area contributed by atoms with E-state index < -0.39 is 5.60 Å². The van der Waals surface area contributed by atoms with Gasteiger partial charge in [-0.25, -0.2) is 0 Å². The summed E-state index contributed by atoms with van der Waals surface area (Å²) in [4.78, 5) is 22.7. The molecule has 0 aromatic carbocycles. The van der Waals surface area contributed by atoms with Crippen molar-refractivity contribution in [3.63, 3.8) is 0 Å². The topological polar surface area (TPSA) is 76.6 Å². The van der Waals surface area contributed by atoms with Crippen LogP contribution in [0.5, 0.6) is 6.01 Å². The number of ether oxygens (including phenoxy) is 2. The molecule has 1 aliphatic rings. The van der Waals surface area contributed by atoms with E-state index in [1.54, 1.807) is 7.11 Å². The number of esters is 1. The Labute approximate surface area is 156 Å². The van der Waals surface area contributed by atoms with Crippen LogP contribution in [0, 0.1) is 3.70 Å². The van der Waals surface area contributed by atoms with Gasteiger partial charge in [0.15, 0.2) is 0 Å². The van der Waals surface area contributed by atoms with Crippen LogP contribution in [0.1, 0.15) is 33.6 Å². The van der Waals surface area contributed by atoms with Gasteiger partial charge in [0.25, 0.3) is 0 Å². The predicted molar refractivity (Wildman–Crippen MR) is 100 cm³/mol. The molecule has 0 amide bonds. The van der Waals surface area contributed by atoms with Crippen molar-refractivity contribution in [2.24, 2.45) is 0 Å². The van der Waals surface area contributed by atoms with E-state index in [9.17, 15) is 4.79 Å². The maximum absolute atomic E-state index is 11.9. The number of hydrogen-bond acceptors (Lipinski definition) is 7. The number of piperazine rings is 1. The summed E-state index contributed by atoms with van der Waals surface area (Å²) < 4.78 is 11.4. The number of carbonyl (C=O) groups excluding carboxylic acids is 1. The van der Waals surface area contributed by atoms with Gasteiger partial charge >= 0.3 is 12.0 Å². The van der Waals surface area contributed by atoms with Crippen molar-refractivity contribution in [1.82, 2.24) is 15.3 Å². The van der Waals surface area contributed by atoms with Crippen LogP contribution in [0.4, 0.5) is 5.82 Å². The highest BCUT2D eigenvalue weighted by Crippen LogP contribution is 2.20. The Hall–Kier alpha value is -1.16. The van der Waals surface area contributed by atoms with E-state index in [2.05, 4.69) is 42.8 Å². The Kier molecular flexibility index (Phi) is 6.62. The SMILES string of the molecule is COc1nc(I)cc(N2CCNC(CCC(=O)OC(C)(C)C)C2)n1. The van der Waals surface area contributed by atoms with Crippen LogP contribution in [-0.2, 0) is 9.53 Å². The number of nitrogens with one attached hydrogen (secondary N) is 1. The van der Waals surface area contributed by atoms with Crippen LogP contribution < -0.4 is 15.0 Å². The summed E-state index contributed by atoms with van der Waals surface area (Å²) in [6.45, 7) is 8.15. The molecule has 2 heterocycles. The second kappa shape index (κ2) is 8.28. The van der Waals surface area contributed by atoms with Crippen molar-refractivity contribution in [3.8, 4) is 6.01 Å². The van der Waals surface area contributed by atoms with Crippen LogP contribution in [0.25, 0.3) is 0 Å². The Bertz CT molecular complexity index is 577. The predicted octanol–water partition coefficient (Wildman–Crippen LogP) is 1.99. The summed E-state index contributed by atoms with van der Waals surface area (Å²) in [6.07, 6.45) is 1.15. The lowest BCUT2D eigenvalue weighted by Gasteiger charge is -2.34. The third kappa shape index (κ3) is 6.04. The van der Waals surface area contributed by atoms with Gasteiger partial charge < -0.3 is 19.7 Å². The summed E-state index contributed by atoms with van der Waals surface area (Å²) in [5, 5.41) is 3.45. The lowest BCUT2D eigenvalue weighted by atomic mass is 10.1. The van der Waals surface area contributed by atoms with Crippen molar-refractivity contribution in [2.45, 2.75) is 45.3 Å². The van der Waals surface area contributed by atoms with E-state index in [1.807, 2.05) is 26.8 Å². The molecule has 0 spiro atoms. The standard InChI is InChI=1S/C16H25IN4O3/c1-16(2,3)24-14(22)6-5-11-10-21(8-7-18-11)13-9-12(17)19-15(20-13)23-4/h9,11,18H,5-8,10H2,1-4H3. The van der Waals surface area contributed by atoms with Crippen LogP contribution in [0.15, 0.2) is 6.07 Å². The van der Waals surface area contributed by atoms with Crippen molar-refractivity contribution >= 4 is 34.4 Å². The molecule has 2 rings (SSSR count). The molecule has 1 unspecified atom stereocenters. The van der Waals surface area contributed by atoms with E-state index in [0.717, 1.165) is 35.6 Å². The minimum Gasteiger partial charge on any atom is -0.467 e. The molecule has 0 radical (unpaired) electrons. The molecule has 1 N–H and O–H groups in total. The number of halogens is 1. The molecule has 0 saturated carbocycles. The smallest absolute Gasteiger partial charge is 0.319 e. The van der Waals surface area contributed by atoms with Crippen molar-refractivity contribution in [2.75, 3.05) is 31.6 Å². The monoisotopic (exact) mass is 448 g/mol. The molecular formula is C16H25IN4O3. The van der Waals surface area contributed by atoms with Gasteiger partial charge in [-0.2, -0.15) is 9.97 Å². The van der Waals surface area contributed by atoms with Crippen molar-refractivity contribution in [3.05, 3.63) is 9.77 Å². The number of carbonyl (C=O) groups is 1. The number of aromatic nitrogens is 2. The highest BCUT2D eigenvalue weighted by Gasteiger charge is 2.23. The van der Waals surface area contributed by atoms with Crippen LogP contribution in [0.2, 0.25) is 0 Å². The fourth-order valence-corrected chi connectivity index (χ4v) is 3.04. The number of methoxy groups -OCH3 is 1. The van der Waals surface area contributed by atoms with Crippen LogP contribution in [-0.4, -0.2) is 54.3 Å². The summed E-state index contributed by atoms with van der Waals surface area (Å²) in [5.41, 5.74) is -0.433. The lowest BCUT2D eigenvalue weighted by Crippen LogP contribution is -2.51. The van der Waals surface area contributed by atoms with E-state index >= 15 is 0 Å². The van der Waals surface area contributed by atoms with E-state index in [4.69, 9.17) is 9.47 Å². The zero-order chi connectivity index (χ0) is 17.7. The molecule has 0 aliphatic carbocycles. The Morgan fingerprint density at radius 1 is 1.46 bits per heavy atom. The van der Waals surface area contributed by atoms with Gasteiger partial charge in [-0.15, -0.1) is 0 Å². The number of anilines is 1. The summed E-state index contributed by atoms with van der Waals surface area (Å²) in [5.74, 6) is 0.703. The molecule has 0 bridgehead atoms.